The summed E-state index contributed by atoms with van der Waals surface area (Å²) in [6.45, 7) is 12.6. The van der Waals surface area contributed by atoms with Gasteiger partial charge in [-0.1, -0.05) is 52.0 Å². The lowest BCUT2D eigenvalue weighted by Crippen LogP contribution is -2.51. The molecule has 0 bridgehead atoms. The Labute approximate surface area is 129 Å². The van der Waals surface area contributed by atoms with Gasteiger partial charge in [-0.05, 0) is 36.8 Å². The van der Waals surface area contributed by atoms with Gasteiger partial charge >= 0.3 is 5.97 Å². The Morgan fingerprint density at radius 3 is 2.00 bits per heavy atom. The van der Waals surface area contributed by atoms with E-state index in [0.29, 0.717) is 0 Å². The van der Waals surface area contributed by atoms with Gasteiger partial charge in [-0.25, -0.2) is 4.79 Å². The third-order valence-corrected chi connectivity index (χ3v) is 4.07. The first-order valence-corrected chi connectivity index (χ1v) is 7.62. The molecule has 0 saturated heterocycles. The van der Waals surface area contributed by atoms with E-state index in [1.807, 2.05) is 19.1 Å². The molecule has 118 valence electrons. The van der Waals surface area contributed by atoms with Crippen LogP contribution >= 0.6 is 0 Å². The third kappa shape index (κ3) is 4.07. The zero-order valence-electron chi connectivity index (χ0n) is 14.4. The van der Waals surface area contributed by atoms with E-state index >= 15 is 0 Å². The maximum Gasteiger partial charge on any atom is 0.330 e. The second kappa shape index (κ2) is 6.61. The first-order chi connectivity index (χ1) is 9.65. The standard InChI is InChI=1S/C18H29NO2/c1-8-13(2)19-18(6,16(20)21-7)15-11-9-14(10-12-15)17(3,4)5/h9-13,19H,8H2,1-7H3. The predicted octanol–water partition coefficient (Wildman–Crippen LogP) is 3.76. The molecule has 0 saturated carbocycles. The largest absolute Gasteiger partial charge is 0.467 e. The second-order valence-electron chi connectivity index (χ2n) is 6.90. The minimum atomic E-state index is -0.819. The Balaban J connectivity index is 3.18. The van der Waals surface area contributed by atoms with Crippen LogP contribution in [-0.4, -0.2) is 19.1 Å². The van der Waals surface area contributed by atoms with E-state index in [9.17, 15) is 4.79 Å². The fourth-order valence-electron chi connectivity index (χ4n) is 2.36. The van der Waals surface area contributed by atoms with E-state index in [2.05, 4.69) is 52.1 Å². The molecule has 0 fully saturated rings. The van der Waals surface area contributed by atoms with Crippen molar-refractivity contribution in [3.63, 3.8) is 0 Å². The van der Waals surface area contributed by atoms with Crippen LogP contribution in [0.2, 0.25) is 0 Å². The van der Waals surface area contributed by atoms with Gasteiger partial charge in [-0.3, -0.25) is 5.32 Å². The molecule has 21 heavy (non-hydrogen) atoms. The Kier molecular flexibility index (Phi) is 5.57. The Hall–Kier alpha value is -1.35. The smallest absolute Gasteiger partial charge is 0.330 e. The normalized spacial score (nSPS) is 16.1. The van der Waals surface area contributed by atoms with Gasteiger partial charge in [0.05, 0.1) is 7.11 Å². The summed E-state index contributed by atoms with van der Waals surface area (Å²) in [5.74, 6) is -0.258. The zero-order valence-corrected chi connectivity index (χ0v) is 14.4. The van der Waals surface area contributed by atoms with Gasteiger partial charge in [0.25, 0.3) is 0 Å². The van der Waals surface area contributed by atoms with E-state index in [-0.39, 0.29) is 17.4 Å². The second-order valence-corrected chi connectivity index (χ2v) is 6.90. The van der Waals surface area contributed by atoms with Gasteiger partial charge in [0, 0.05) is 6.04 Å². The highest BCUT2D eigenvalue weighted by Crippen LogP contribution is 2.28. The number of carbonyl (C=O) groups excluding carboxylic acids is 1. The predicted molar refractivity (Wildman–Crippen MR) is 87.4 cm³/mol. The van der Waals surface area contributed by atoms with Crippen LogP contribution in [-0.2, 0) is 20.5 Å². The average molecular weight is 291 g/mol. The van der Waals surface area contributed by atoms with E-state index < -0.39 is 5.54 Å². The van der Waals surface area contributed by atoms with Crippen molar-refractivity contribution in [3.05, 3.63) is 35.4 Å². The number of benzene rings is 1. The fraction of sp³-hybridized carbons (Fsp3) is 0.611. The van der Waals surface area contributed by atoms with Gasteiger partial charge in [-0.2, -0.15) is 0 Å². The number of hydrogen-bond acceptors (Lipinski definition) is 3. The minimum Gasteiger partial charge on any atom is -0.467 e. The van der Waals surface area contributed by atoms with Crippen molar-refractivity contribution in [2.24, 2.45) is 0 Å². The van der Waals surface area contributed by atoms with E-state index in [0.717, 1.165) is 12.0 Å². The van der Waals surface area contributed by atoms with E-state index in [4.69, 9.17) is 4.74 Å². The molecule has 1 aromatic carbocycles. The highest BCUT2D eigenvalue weighted by molar-refractivity contribution is 5.82. The molecule has 3 nitrogen and oxygen atoms in total. The van der Waals surface area contributed by atoms with Gasteiger partial charge in [0.2, 0.25) is 0 Å². The number of hydrogen-bond donors (Lipinski definition) is 1. The lowest BCUT2D eigenvalue weighted by Gasteiger charge is -2.32. The molecule has 2 atom stereocenters. The molecular formula is C18H29NO2. The molecule has 1 N–H and O–H groups in total. The van der Waals surface area contributed by atoms with Crippen molar-refractivity contribution in [2.75, 3.05) is 7.11 Å². The van der Waals surface area contributed by atoms with Crippen LogP contribution in [0.1, 0.15) is 59.1 Å². The van der Waals surface area contributed by atoms with Crippen molar-refractivity contribution >= 4 is 5.97 Å². The average Bonchev–Trinajstić information content (AvgIpc) is 2.45. The summed E-state index contributed by atoms with van der Waals surface area (Å²) in [6.07, 6.45) is 0.951. The van der Waals surface area contributed by atoms with Gasteiger partial charge < -0.3 is 4.74 Å². The molecular weight excluding hydrogens is 262 g/mol. The van der Waals surface area contributed by atoms with Crippen LogP contribution in [0.25, 0.3) is 0 Å². The molecule has 0 radical (unpaired) electrons. The van der Waals surface area contributed by atoms with E-state index in [1.54, 1.807) is 0 Å². The van der Waals surface area contributed by atoms with Crippen LogP contribution in [0.15, 0.2) is 24.3 Å². The number of carbonyl (C=O) groups is 1. The van der Waals surface area contributed by atoms with Crippen LogP contribution in [0.5, 0.6) is 0 Å². The third-order valence-electron chi connectivity index (χ3n) is 4.07. The molecule has 0 aliphatic rings. The Morgan fingerprint density at radius 2 is 1.62 bits per heavy atom. The molecule has 1 aromatic rings. The number of esters is 1. The molecule has 0 amide bonds. The quantitative estimate of drug-likeness (QED) is 0.839. The summed E-state index contributed by atoms with van der Waals surface area (Å²) < 4.78 is 5.01. The molecule has 0 spiro atoms. The van der Waals surface area contributed by atoms with E-state index in [1.165, 1.54) is 12.7 Å². The van der Waals surface area contributed by atoms with Crippen LogP contribution in [0.3, 0.4) is 0 Å². The molecule has 0 aromatic heterocycles. The van der Waals surface area contributed by atoms with Crippen molar-refractivity contribution in [3.8, 4) is 0 Å². The monoisotopic (exact) mass is 291 g/mol. The molecule has 1 rings (SSSR count). The lowest BCUT2D eigenvalue weighted by atomic mass is 9.84. The van der Waals surface area contributed by atoms with Crippen molar-refractivity contribution in [1.29, 1.82) is 0 Å². The highest BCUT2D eigenvalue weighted by Gasteiger charge is 2.37. The molecule has 0 aliphatic carbocycles. The molecule has 0 aliphatic heterocycles. The maximum atomic E-state index is 12.3. The summed E-state index contributed by atoms with van der Waals surface area (Å²) in [5.41, 5.74) is 1.47. The Bertz CT molecular complexity index is 473. The topological polar surface area (TPSA) is 38.3 Å². The number of methoxy groups -OCH3 is 1. The summed E-state index contributed by atoms with van der Waals surface area (Å²) >= 11 is 0. The molecule has 3 heteroatoms. The van der Waals surface area contributed by atoms with Crippen molar-refractivity contribution < 1.29 is 9.53 Å². The maximum absolute atomic E-state index is 12.3. The number of ether oxygens (including phenoxy) is 1. The molecule has 2 unspecified atom stereocenters. The fourth-order valence-corrected chi connectivity index (χ4v) is 2.36. The van der Waals surface area contributed by atoms with Crippen LogP contribution in [0, 0.1) is 0 Å². The SMILES string of the molecule is CCC(C)NC(C)(C(=O)OC)c1ccc(C(C)(C)C)cc1. The summed E-state index contributed by atoms with van der Waals surface area (Å²) in [6, 6.07) is 8.46. The summed E-state index contributed by atoms with van der Waals surface area (Å²) in [5, 5.41) is 3.39. The first kappa shape index (κ1) is 17.7. The van der Waals surface area contributed by atoms with Crippen molar-refractivity contribution in [1.82, 2.24) is 5.32 Å². The van der Waals surface area contributed by atoms with Gasteiger partial charge in [-0.15, -0.1) is 0 Å². The molecule has 0 heterocycles. The van der Waals surface area contributed by atoms with Crippen LogP contribution in [0.4, 0.5) is 0 Å². The number of rotatable bonds is 5. The minimum absolute atomic E-state index is 0.102. The first-order valence-electron chi connectivity index (χ1n) is 7.62. The number of nitrogens with one attached hydrogen (secondary N) is 1. The highest BCUT2D eigenvalue weighted by atomic mass is 16.5. The zero-order chi connectivity index (χ0) is 16.3. The van der Waals surface area contributed by atoms with Crippen LogP contribution < -0.4 is 5.32 Å². The Morgan fingerprint density at radius 1 is 1.14 bits per heavy atom. The van der Waals surface area contributed by atoms with Gasteiger partial charge in [0.1, 0.15) is 5.54 Å². The van der Waals surface area contributed by atoms with Crippen molar-refractivity contribution in [2.45, 2.75) is 65.0 Å². The summed E-state index contributed by atoms with van der Waals surface area (Å²) in [7, 11) is 1.43. The lowest BCUT2D eigenvalue weighted by molar-refractivity contribution is -0.148. The van der Waals surface area contributed by atoms with Gasteiger partial charge in [0.15, 0.2) is 0 Å². The summed E-state index contributed by atoms with van der Waals surface area (Å²) in [4.78, 5) is 12.3.